The molecule has 338 valence electrons. The predicted molar refractivity (Wildman–Crippen MR) is 249 cm³/mol. The van der Waals surface area contributed by atoms with Crippen LogP contribution in [0.2, 0.25) is 0 Å². The van der Waals surface area contributed by atoms with E-state index in [1.165, 1.54) is 32.1 Å². The molecule has 9 heteroatoms. The molecule has 0 saturated carbocycles. The van der Waals surface area contributed by atoms with Crippen molar-refractivity contribution in [1.82, 2.24) is 0 Å². The molecule has 0 N–H and O–H groups in total. The lowest BCUT2D eigenvalue weighted by atomic mass is 10.1. The molecular weight excluding hydrogens is 758 g/mol. The number of esters is 1. The number of rotatable bonds is 41. The Morgan fingerprint density at radius 1 is 0.525 bits per heavy atom. The van der Waals surface area contributed by atoms with Crippen LogP contribution in [-0.2, 0) is 27.9 Å². The van der Waals surface area contributed by atoms with E-state index in [0.717, 1.165) is 103 Å². The average Bonchev–Trinajstić information content (AvgIpc) is 3.19. The third-order valence-electron chi connectivity index (χ3n) is 9.13. The summed E-state index contributed by atoms with van der Waals surface area (Å²) in [5, 5.41) is 0. The van der Waals surface area contributed by atoms with E-state index in [1.54, 1.807) is 0 Å². The Morgan fingerprint density at radius 2 is 0.932 bits per heavy atom. The maximum absolute atomic E-state index is 12.7. The molecule has 0 spiro atoms. The third-order valence-corrected chi connectivity index (χ3v) is 10.1. The second-order valence-corrected chi connectivity index (χ2v) is 17.4. The third kappa shape index (κ3) is 46.3. The highest BCUT2D eigenvalue weighted by molar-refractivity contribution is 7.45. The predicted octanol–water partition coefficient (Wildman–Crippen LogP) is 13.2. The summed E-state index contributed by atoms with van der Waals surface area (Å²) >= 11 is 0. The number of carbonyl (C=O) groups excluding carboxylic acids is 1. The molecular formula is C50H86NO7P. The number of nitrogens with zero attached hydrogens (tertiary/aromatic N) is 1. The first-order valence-corrected chi connectivity index (χ1v) is 24.4. The van der Waals surface area contributed by atoms with Gasteiger partial charge in [-0.3, -0.25) is 9.36 Å². The normalized spacial score (nSPS) is 14.6. The maximum atomic E-state index is 12.7. The molecule has 0 radical (unpaired) electrons. The topological polar surface area (TPSA) is 94.1 Å². The molecule has 0 aromatic heterocycles. The Balaban J connectivity index is 4.29. The minimum atomic E-state index is -4.55. The van der Waals surface area contributed by atoms with Crippen LogP contribution in [0.25, 0.3) is 0 Å². The lowest BCUT2D eigenvalue weighted by Crippen LogP contribution is -2.37. The van der Waals surface area contributed by atoms with Gasteiger partial charge in [0.15, 0.2) is 0 Å². The zero-order valence-corrected chi connectivity index (χ0v) is 39.1. The van der Waals surface area contributed by atoms with Crippen molar-refractivity contribution >= 4 is 13.8 Å². The first-order chi connectivity index (χ1) is 28.6. The number of unbranched alkanes of at least 4 members (excludes halogenated alkanes) is 11. The monoisotopic (exact) mass is 844 g/mol. The number of quaternary nitrogens is 1. The smallest absolute Gasteiger partial charge is 0.306 e. The summed E-state index contributed by atoms with van der Waals surface area (Å²) < 4.78 is 34.6. The minimum absolute atomic E-state index is 0.0121. The van der Waals surface area contributed by atoms with E-state index in [-0.39, 0.29) is 32.2 Å². The van der Waals surface area contributed by atoms with E-state index in [4.69, 9.17) is 18.5 Å². The van der Waals surface area contributed by atoms with Crippen molar-refractivity contribution in [1.29, 1.82) is 0 Å². The number of carbonyl (C=O) groups is 1. The number of phosphoric ester groups is 1. The summed E-state index contributed by atoms with van der Waals surface area (Å²) in [6.45, 7) is 5.07. The Kier molecular flexibility index (Phi) is 40.3. The van der Waals surface area contributed by atoms with E-state index < -0.39 is 13.9 Å². The molecule has 0 heterocycles. The SMILES string of the molecule is CC/C=C\C/C=C\C/C=C\C/C=C\CCCCCCCCCCC(=O)OC(COCCCCC/C=C\C/C=C\C/C=C\C/C=C\CC)COP(=O)([O-])OCC[N+](C)(C)C. The van der Waals surface area contributed by atoms with Crippen molar-refractivity contribution in [2.24, 2.45) is 0 Å². The Labute approximate surface area is 362 Å². The summed E-state index contributed by atoms with van der Waals surface area (Å²) in [4.78, 5) is 25.1. The Hall–Kier alpha value is -2.58. The molecule has 2 unspecified atom stereocenters. The number of phosphoric acid groups is 1. The number of hydrogen-bond donors (Lipinski definition) is 0. The van der Waals surface area contributed by atoms with E-state index in [1.807, 2.05) is 21.1 Å². The van der Waals surface area contributed by atoms with Gasteiger partial charge in [-0.25, -0.2) is 0 Å². The van der Waals surface area contributed by atoms with Gasteiger partial charge in [-0.15, -0.1) is 0 Å². The van der Waals surface area contributed by atoms with Crippen LogP contribution in [-0.4, -0.2) is 70.7 Å². The van der Waals surface area contributed by atoms with Crippen LogP contribution >= 0.6 is 7.82 Å². The van der Waals surface area contributed by atoms with E-state index in [9.17, 15) is 14.3 Å². The fourth-order valence-electron chi connectivity index (χ4n) is 5.64. The van der Waals surface area contributed by atoms with E-state index in [0.29, 0.717) is 17.6 Å². The quantitative estimate of drug-likeness (QED) is 0.0199. The van der Waals surface area contributed by atoms with Gasteiger partial charge < -0.3 is 27.9 Å². The van der Waals surface area contributed by atoms with Gasteiger partial charge in [0, 0.05) is 13.0 Å². The standard InChI is InChI=1S/C50H86NO7P/c1-6-8-10-12-14-16-18-20-22-24-25-26-27-28-29-31-33-35-37-39-41-43-50(52)58-49(48-57-59(53,54)56-46-44-51(3,4)5)47-55-45-42-40-38-36-34-32-30-23-21-19-17-15-13-11-9-7-2/h8-11,14-17,20-23,25-26,32,34,49H,6-7,12-13,18-19,24,27-31,33,35-48H2,1-5H3/b10-8-,11-9-,16-14-,17-15-,22-20-,23-21-,26-25-,34-32-. The fraction of sp³-hybridized carbons (Fsp3) is 0.660. The zero-order valence-electron chi connectivity index (χ0n) is 38.2. The first kappa shape index (κ1) is 56.4. The molecule has 2 atom stereocenters. The van der Waals surface area contributed by atoms with Crippen molar-refractivity contribution < 1.29 is 37.3 Å². The van der Waals surface area contributed by atoms with Crippen LogP contribution < -0.4 is 4.89 Å². The highest BCUT2D eigenvalue weighted by Gasteiger charge is 2.20. The maximum Gasteiger partial charge on any atom is 0.306 e. The number of hydrogen-bond acceptors (Lipinski definition) is 7. The number of likely N-dealkylation sites (N-methyl/N-ethyl adjacent to an activating group) is 1. The van der Waals surface area contributed by atoms with Gasteiger partial charge in [-0.05, 0) is 89.9 Å². The second-order valence-electron chi connectivity index (χ2n) is 16.0. The summed E-state index contributed by atoms with van der Waals surface area (Å²) in [6, 6.07) is 0. The van der Waals surface area contributed by atoms with Crippen LogP contribution in [0.3, 0.4) is 0 Å². The van der Waals surface area contributed by atoms with Gasteiger partial charge in [0.1, 0.15) is 19.3 Å². The average molecular weight is 844 g/mol. The first-order valence-electron chi connectivity index (χ1n) is 23.0. The zero-order chi connectivity index (χ0) is 43.4. The van der Waals surface area contributed by atoms with Gasteiger partial charge >= 0.3 is 5.97 Å². The largest absolute Gasteiger partial charge is 0.756 e. The molecule has 0 saturated heterocycles. The summed E-state index contributed by atoms with van der Waals surface area (Å²) in [5.41, 5.74) is 0. The molecule has 0 aromatic rings. The molecule has 0 aliphatic carbocycles. The lowest BCUT2D eigenvalue weighted by molar-refractivity contribution is -0.870. The van der Waals surface area contributed by atoms with Crippen molar-refractivity contribution in [3.8, 4) is 0 Å². The van der Waals surface area contributed by atoms with Gasteiger partial charge in [0.2, 0.25) is 0 Å². The molecule has 0 aliphatic rings. The van der Waals surface area contributed by atoms with E-state index in [2.05, 4.69) is 111 Å². The Morgan fingerprint density at radius 3 is 1.39 bits per heavy atom. The van der Waals surface area contributed by atoms with Gasteiger partial charge in [-0.1, -0.05) is 156 Å². The highest BCUT2D eigenvalue weighted by atomic mass is 31.2. The van der Waals surface area contributed by atoms with Crippen molar-refractivity contribution in [2.75, 3.05) is 54.1 Å². The Bertz CT molecular complexity index is 1260. The second kappa shape index (κ2) is 42.1. The molecule has 0 fully saturated rings. The molecule has 0 amide bonds. The fourth-order valence-corrected chi connectivity index (χ4v) is 6.37. The van der Waals surface area contributed by atoms with Crippen LogP contribution in [0.15, 0.2) is 97.2 Å². The molecule has 0 aliphatic heterocycles. The minimum Gasteiger partial charge on any atom is -0.756 e. The van der Waals surface area contributed by atoms with Crippen molar-refractivity contribution in [3.63, 3.8) is 0 Å². The summed E-state index contributed by atoms with van der Waals surface area (Å²) in [6.07, 6.45) is 57.1. The molecule has 59 heavy (non-hydrogen) atoms. The molecule has 0 rings (SSSR count). The van der Waals surface area contributed by atoms with Crippen LogP contribution in [0.4, 0.5) is 0 Å². The summed E-state index contributed by atoms with van der Waals surface area (Å²) in [5.74, 6) is -0.359. The number of ether oxygens (including phenoxy) is 2. The molecule has 0 aromatic carbocycles. The van der Waals surface area contributed by atoms with E-state index >= 15 is 0 Å². The van der Waals surface area contributed by atoms with Gasteiger partial charge in [0.05, 0.1) is 34.4 Å². The van der Waals surface area contributed by atoms with Gasteiger partial charge in [0.25, 0.3) is 7.82 Å². The van der Waals surface area contributed by atoms with Crippen molar-refractivity contribution in [2.45, 2.75) is 161 Å². The van der Waals surface area contributed by atoms with Crippen LogP contribution in [0.1, 0.15) is 155 Å². The molecule has 8 nitrogen and oxygen atoms in total. The van der Waals surface area contributed by atoms with Crippen LogP contribution in [0, 0.1) is 0 Å². The van der Waals surface area contributed by atoms with Gasteiger partial charge in [-0.2, -0.15) is 0 Å². The highest BCUT2D eigenvalue weighted by Crippen LogP contribution is 2.38. The van der Waals surface area contributed by atoms with Crippen molar-refractivity contribution in [3.05, 3.63) is 97.2 Å². The number of allylic oxidation sites excluding steroid dienone is 16. The van der Waals surface area contributed by atoms with Crippen LogP contribution in [0.5, 0.6) is 0 Å². The lowest BCUT2D eigenvalue weighted by Gasteiger charge is -2.28. The summed E-state index contributed by atoms with van der Waals surface area (Å²) in [7, 11) is 1.31. The molecule has 0 bridgehead atoms.